The minimum absolute atomic E-state index is 0.296. The van der Waals surface area contributed by atoms with Gasteiger partial charge in [0, 0.05) is 13.1 Å². The average molecular weight is 336 g/mol. The van der Waals surface area contributed by atoms with Crippen molar-refractivity contribution in [2.24, 2.45) is 5.41 Å². The van der Waals surface area contributed by atoms with E-state index < -0.39 is 0 Å². The molecule has 3 heteroatoms. The smallest absolute Gasteiger partial charge is 0.161 e. The Hall–Kier alpha value is -1.22. The minimum atomic E-state index is 0.296. The number of rotatable bonds is 12. The van der Waals surface area contributed by atoms with Crippen molar-refractivity contribution in [3.63, 3.8) is 0 Å². The first-order valence-corrected chi connectivity index (χ1v) is 9.46. The average Bonchev–Trinajstić information content (AvgIpc) is 2.53. The van der Waals surface area contributed by atoms with E-state index in [-0.39, 0.29) is 0 Å². The van der Waals surface area contributed by atoms with Gasteiger partial charge in [0.25, 0.3) is 0 Å². The molecule has 138 valence electrons. The van der Waals surface area contributed by atoms with Crippen LogP contribution in [0.5, 0.6) is 11.5 Å². The fourth-order valence-corrected chi connectivity index (χ4v) is 2.59. The van der Waals surface area contributed by atoms with Crippen LogP contribution < -0.4 is 14.8 Å². The highest BCUT2D eigenvalue weighted by Gasteiger charge is 2.10. The van der Waals surface area contributed by atoms with Crippen LogP contribution in [0.25, 0.3) is 0 Å². The van der Waals surface area contributed by atoms with E-state index in [0.717, 1.165) is 37.6 Å². The molecular formula is C21H37NO2. The molecule has 1 aromatic carbocycles. The number of nitrogens with one attached hydrogen (secondary N) is 1. The van der Waals surface area contributed by atoms with Gasteiger partial charge < -0.3 is 14.8 Å². The van der Waals surface area contributed by atoms with E-state index in [0.29, 0.717) is 5.41 Å². The maximum Gasteiger partial charge on any atom is 0.161 e. The molecule has 0 amide bonds. The van der Waals surface area contributed by atoms with Gasteiger partial charge in [-0.1, -0.05) is 65.9 Å². The van der Waals surface area contributed by atoms with Crippen LogP contribution in [-0.2, 0) is 6.54 Å². The zero-order valence-corrected chi connectivity index (χ0v) is 16.4. The number of benzene rings is 1. The molecule has 0 aliphatic rings. The molecular weight excluding hydrogens is 298 g/mol. The lowest BCUT2D eigenvalue weighted by Gasteiger charge is -2.19. The van der Waals surface area contributed by atoms with Crippen molar-refractivity contribution in [2.75, 3.05) is 20.3 Å². The SMILES string of the molecule is CCCCCCCCOc1ccc(CNCC(C)(C)C)cc1OC. The molecule has 1 N–H and O–H groups in total. The number of hydrogen-bond acceptors (Lipinski definition) is 3. The molecule has 0 fully saturated rings. The van der Waals surface area contributed by atoms with E-state index in [4.69, 9.17) is 9.47 Å². The van der Waals surface area contributed by atoms with Crippen molar-refractivity contribution in [2.45, 2.75) is 72.8 Å². The van der Waals surface area contributed by atoms with Crippen molar-refractivity contribution in [3.05, 3.63) is 23.8 Å². The minimum Gasteiger partial charge on any atom is -0.493 e. The number of ether oxygens (including phenoxy) is 2. The molecule has 1 aromatic rings. The van der Waals surface area contributed by atoms with E-state index in [2.05, 4.69) is 45.1 Å². The second-order valence-electron chi connectivity index (χ2n) is 7.77. The van der Waals surface area contributed by atoms with Gasteiger partial charge in [0.1, 0.15) is 0 Å². The third-order valence-corrected chi connectivity index (χ3v) is 3.97. The maximum absolute atomic E-state index is 5.90. The number of unbranched alkanes of at least 4 members (excludes halogenated alkanes) is 5. The molecule has 0 bridgehead atoms. The number of hydrogen-bond donors (Lipinski definition) is 1. The first-order valence-electron chi connectivity index (χ1n) is 9.46. The Morgan fingerprint density at radius 2 is 1.67 bits per heavy atom. The lowest BCUT2D eigenvalue weighted by atomic mass is 9.97. The summed E-state index contributed by atoms with van der Waals surface area (Å²) < 4.78 is 11.4. The van der Waals surface area contributed by atoms with Crippen molar-refractivity contribution in [1.82, 2.24) is 5.32 Å². The summed E-state index contributed by atoms with van der Waals surface area (Å²) in [6.07, 6.45) is 7.66. The van der Waals surface area contributed by atoms with Crippen LogP contribution in [0, 0.1) is 5.41 Å². The van der Waals surface area contributed by atoms with E-state index in [1.54, 1.807) is 7.11 Å². The van der Waals surface area contributed by atoms with E-state index in [1.165, 1.54) is 37.7 Å². The fourth-order valence-electron chi connectivity index (χ4n) is 2.59. The number of methoxy groups -OCH3 is 1. The lowest BCUT2D eigenvalue weighted by Crippen LogP contribution is -2.26. The molecule has 0 saturated heterocycles. The molecule has 0 saturated carbocycles. The second-order valence-corrected chi connectivity index (χ2v) is 7.77. The standard InChI is InChI=1S/C21H37NO2/c1-6-7-8-9-10-11-14-24-19-13-12-18(15-20(19)23-5)16-22-17-21(2,3)4/h12-13,15,22H,6-11,14,16-17H2,1-5H3. The summed E-state index contributed by atoms with van der Waals surface area (Å²) >= 11 is 0. The maximum atomic E-state index is 5.90. The third kappa shape index (κ3) is 9.17. The van der Waals surface area contributed by atoms with Gasteiger partial charge in [-0.2, -0.15) is 0 Å². The quantitative estimate of drug-likeness (QED) is 0.506. The first-order chi connectivity index (χ1) is 11.5. The van der Waals surface area contributed by atoms with Gasteiger partial charge in [-0.25, -0.2) is 0 Å². The highest BCUT2D eigenvalue weighted by Crippen LogP contribution is 2.28. The highest BCUT2D eigenvalue weighted by atomic mass is 16.5. The fraction of sp³-hybridized carbons (Fsp3) is 0.714. The third-order valence-electron chi connectivity index (χ3n) is 3.97. The molecule has 1 rings (SSSR count). The molecule has 3 nitrogen and oxygen atoms in total. The summed E-state index contributed by atoms with van der Waals surface area (Å²) in [6.45, 7) is 11.6. The molecule has 0 aliphatic carbocycles. The van der Waals surface area contributed by atoms with Gasteiger partial charge in [-0.15, -0.1) is 0 Å². The lowest BCUT2D eigenvalue weighted by molar-refractivity contribution is 0.284. The Morgan fingerprint density at radius 1 is 0.958 bits per heavy atom. The van der Waals surface area contributed by atoms with Crippen molar-refractivity contribution in [3.8, 4) is 11.5 Å². The summed E-state index contributed by atoms with van der Waals surface area (Å²) in [5.41, 5.74) is 1.52. The topological polar surface area (TPSA) is 30.5 Å². The zero-order valence-electron chi connectivity index (χ0n) is 16.4. The van der Waals surface area contributed by atoms with Crippen LogP contribution in [0.3, 0.4) is 0 Å². The Morgan fingerprint density at radius 3 is 2.33 bits per heavy atom. The van der Waals surface area contributed by atoms with Crippen LogP contribution in [0.2, 0.25) is 0 Å². The van der Waals surface area contributed by atoms with Crippen LogP contribution >= 0.6 is 0 Å². The molecule has 0 atom stereocenters. The zero-order chi connectivity index (χ0) is 17.8. The highest BCUT2D eigenvalue weighted by molar-refractivity contribution is 5.42. The van der Waals surface area contributed by atoms with E-state index in [1.807, 2.05) is 6.07 Å². The predicted molar refractivity (Wildman–Crippen MR) is 103 cm³/mol. The first kappa shape index (κ1) is 20.8. The Kier molecular flexibility index (Phi) is 9.85. The van der Waals surface area contributed by atoms with Crippen LogP contribution in [0.15, 0.2) is 18.2 Å². The summed E-state index contributed by atoms with van der Waals surface area (Å²) in [6, 6.07) is 6.23. The van der Waals surface area contributed by atoms with E-state index in [9.17, 15) is 0 Å². The van der Waals surface area contributed by atoms with Crippen LogP contribution in [0.4, 0.5) is 0 Å². The Balaban J connectivity index is 2.37. The van der Waals surface area contributed by atoms with Crippen molar-refractivity contribution in [1.29, 1.82) is 0 Å². The van der Waals surface area contributed by atoms with Gasteiger partial charge in [-0.05, 0) is 29.5 Å². The molecule has 0 aromatic heterocycles. The molecule has 0 aliphatic heterocycles. The van der Waals surface area contributed by atoms with Crippen LogP contribution in [-0.4, -0.2) is 20.3 Å². The molecule has 0 unspecified atom stereocenters. The molecule has 0 radical (unpaired) electrons. The molecule has 24 heavy (non-hydrogen) atoms. The summed E-state index contributed by atoms with van der Waals surface area (Å²) in [4.78, 5) is 0. The Bertz CT molecular complexity index is 452. The van der Waals surface area contributed by atoms with Crippen LogP contribution in [0.1, 0.15) is 71.8 Å². The second kappa shape index (κ2) is 11.4. The van der Waals surface area contributed by atoms with Crippen molar-refractivity contribution >= 4 is 0 Å². The van der Waals surface area contributed by atoms with Gasteiger partial charge in [0.15, 0.2) is 11.5 Å². The summed E-state index contributed by atoms with van der Waals surface area (Å²) in [5, 5.41) is 3.49. The van der Waals surface area contributed by atoms with Gasteiger partial charge in [0.05, 0.1) is 13.7 Å². The van der Waals surface area contributed by atoms with Gasteiger partial charge in [0.2, 0.25) is 0 Å². The monoisotopic (exact) mass is 335 g/mol. The Labute approximate surface area is 149 Å². The van der Waals surface area contributed by atoms with Gasteiger partial charge in [-0.3, -0.25) is 0 Å². The molecule has 0 heterocycles. The molecule has 0 spiro atoms. The predicted octanol–water partition coefficient (Wildman–Crippen LogP) is 5.57. The van der Waals surface area contributed by atoms with E-state index >= 15 is 0 Å². The summed E-state index contributed by atoms with van der Waals surface area (Å²) in [7, 11) is 1.71. The van der Waals surface area contributed by atoms with Crippen molar-refractivity contribution < 1.29 is 9.47 Å². The largest absolute Gasteiger partial charge is 0.493 e. The van der Waals surface area contributed by atoms with Gasteiger partial charge >= 0.3 is 0 Å². The summed E-state index contributed by atoms with van der Waals surface area (Å²) in [5.74, 6) is 1.68. The normalized spacial score (nSPS) is 11.5.